The second kappa shape index (κ2) is 13.8. The van der Waals surface area contributed by atoms with Crippen LogP contribution in [0.15, 0.2) is 103 Å². The van der Waals surface area contributed by atoms with E-state index in [2.05, 4.69) is 0 Å². The Labute approximate surface area is 300 Å². The zero-order chi connectivity index (χ0) is 35.9. The number of aliphatic hydroxyl groups excluding tert-OH is 1. The van der Waals surface area contributed by atoms with Crippen LogP contribution >= 0.6 is 0 Å². The van der Waals surface area contributed by atoms with E-state index in [1.807, 2.05) is 123 Å². The Balaban J connectivity index is 1.31. The van der Waals surface area contributed by atoms with Crippen molar-refractivity contribution in [2.75, 3.05) is 23.0 Å². The summed E-state index contributed by atoms with van der Waals surface area (Å²) in [6.07, 6.45) is 0.217. The predicted molar refractivity (Wildman–Crippen MR) is 199 cm³/mol. The Morgan fingerprint density at radius 1 is 0.902 bits per heavy atom. The Bertz CT molecular complexity index is 1930. The standard InChI is InChI=1S/C41H45N3O6Si/c1-28-39(51(2,3)49)36(25-38(47)42(22-23-45)26-29-12-6-4-7-13-29)50-41(28)33-24-32(44-34-17-11-10-16-31(34)18-21-37(44)46)19-20-35(33)43(40(41)48)27-30-14-8-5-9-15-30/h4-17,19-20,24,28,36,39,45,49H,18,21-23,25-27H2,1-3H3/t28-,36+,39-,41+/m0/s1. The van der Waals surface area contributed by atoms with Crippen molar-refractivity contribution in [3.8, 4) is 0 Å². The average molecular weight is 704 g/mol. The van der Waals surface area contributed by atoms with E-state index >= 15 is 4.79 Å². The summed E-state index contributed by atoms with van der Waals surface area (Å²) in [5.41, 5.74) is 3.78. The maximum Gasteiger partial charge on any atom is 0.264 e. The van der Waals surface area contributed by atoms with Gasteiger partial charge in [-0.25, -0.2) is 0 Å². The Morgan fingerprint density at radius 2 is 1.57 bits per heavy atom. The van der Waals surface area contributed by atoms with Gasteiger partial charge >= 0.3 is 0 Å². The molecule has 4 aromatic rings. The smallest absolute Gasteiger partial charge is 0.264 e. The van der Waals surface area contributed by atoms with Crippen molar-refractivity contribution >= 4 is 43.1 Å². The number of nitrogens with zero attached hydrogens (tertiary/aromatic N) is 3. The van der Waals surface area contributed by atoms with Gasteiger partial charge in [0.25, 0.3) is 5.91 Å². The van der Waals surface area contributed by atoms with Crippen LogP contribution in [0.25, 0.3) is 0 Å². The highest BCUT2D eigenvalue weighted by Crippen LogP contribution is 2.60. The number of hydrogen-bond donors (Lipinski definition) is 2. The number of ether oxygens (including phenoxy) is 1. The van der Waals surface area contributed by atoms with Gasteiger partial charge in [-0.15, -0.1) is 0 Å². The van der Waals surface area contributed by atoms with Gasteiger partial charge in [-0.05, 0) is 60.5 Å². The second-order valence-electron chi connectivity index (χ2n) is 14.5. The monoisotopic (exact) mass is 703 g/mol. The highest BCUT2D eigenvalue weighted by atomic mass is 28.4. The molecule has 4 aromatic carbocycles. The SMILES string of the molecule is C[C@H]1[C@H]([Si](C)(C)O)[C@@H](CC(=O)N(CCO)Cc2ccccc2)O[C@]12C(=O)N(Cc1ccccc1)c1ccc(N3C(=O)CCc4ccccc43)cc12. The van der Waals surface area contributed by atoms with Crippen molar-refractivity contribution in [2.45, 2.75) is 69.6 Å². The number of fused-ring (bicyclic) bond motifs is 3. The van der Waals surface area contributed by atoms with Crippen LogP contribution in [0.3, 0.4) is 0 Å². The number of aliphatic hydroxyl groups is 1. The third-order valence-corrected chi connectivity index (χ3v) is 13.3. The first-order chi connectivity index (χ1) is 24.5. The minimum absolute atomic E-state index is 0.0267. The highest BCUT2D eigenvalue weighted by molar-refractivity contribution is 6.71. The number of carbonyl (C=O) groups excluding carboxylic acids is 3. The van der Waals surface area contributed by atoms with Gasteiger partial charge in [-0.2, -0.15) is 0 Å². The zero-order valence-corrected chi connectivity index (χ0v) is 30.4. The fourth-order valence-electron chi connectivity index (χ4n) is 8.56. The summed E-state index contributed by atoms with van der Waals surface area (Å²) in [6.45, 7) is 6.21. The van der Waals surface area contributed by atoms with Crippen LogP contribution in [0.2, 0.25) is 18.6 Å². The van der Waals surface area contributed by atoms with E-state index < -0.39 is 31.5 Å². The molecular formula is C41H45N3O6Si. The summed E-state index contributed by atoms with van der Waals surface area (Å²) in [5, 5.41) is 9.89. The third kappa shape index (κ3) is 6.31. The van der Waals surface area contributed by atoms with Gasteiger partial charge < -0.3 is 24.4 Å². The van der Waals surface area contributed by atoms with Crippen LogP contribution < -0.4 is 9.80 Å². The maximum atomic E-state index is 15.1. The minimum Gasteiger partial charge on any atom is -0.432 e. The van der Waals surface area contributed by atoms with Crippen LogP contribution in [-0.4, -0.2) is 60.1 Å². The number of carbonyl (C=O) groups is 3. The first kappa shape index (κ1) is 34.8. The number of aryl methyl sites for hydroxylation is 1. The average Bonchev–Trinajstić information content (AvgIpc) is 3.54. The van der Waals surface area contributed by atoms with Gasteiger partial charge in [0.2, 0.25) is 11.8 Å². The number of rotatable bonds is 10. The molecule has 2 N–H and O–H groups in total. The molecule has 1 spiro atoms. The molecule has 0 saturated carbocycles. The molecule has 51 heavy (non-hydrogen) atoms. The van der Waals surface area contributed by atoms with Gasteiger partial charge in [0.05, 0.1) is 37.1 Å². The van der Waals surface area contributed by atoms with Crippen molar-refractivity contribution < 1.29 is 29.0 Å². The zero-order valence-electron chi connectivity index (χ0n) is 29.4. The van der Waals surface area contributed by atoms with Gasteiger partial charge in [-0.3, -0.25) is 19.3 Å². The van der Waals surface area contributed by atoms with Crippen molar-refractivity contribution in [1.29, 1.82) is 0 Å². The van der Waals surface area contributed by atoms with Crippen LogP contribution in [0, 0.1) is 5.92 Å². The van der Waals surface area contributed by atoms with E-state index in [9.17, 15) is 19.5 Å². The summed E-state index contributed by atoms with van der Waals surface area (Å²) < 4.78 is 7.03. The van der Waals surface area contributed by atoms with Crippen molar-refractivity contribution in [3.05, 3.63) is 125 Å². The molecule has 0 aromatic heterocycles. The van der Waals surface area contributed by atoms with E-state index in [-0.39, 0.29) is 37.3 Å². The molecule has 3 amide bonds. The lowest BCUT2D eigenvalue weighted by atomic mass is 9.82. The van der Waals surface area contributed by atoms with Crippen molar-refractivity contribution in [1.82, 2.24) is 4.90 Å². The highest BCUT2D eigenvalue weighted by Gasteiger charge is 2.66. The summed E-state index contributed by atoms with van der Waals surface area (Å²) in [6, 6.07) is 33.0. The van der Waals surface area contributed by atoms with Crippen molar-refractivity contribution in [3.63, 3.8) is 0 Å². The van der Waals surface area contributed by atoms with Gasteiger partial charge in [0, 0.05) is 42.2 Å². The molecule has 9 nitrogen and oxygen atoms in total. The molecule has 0 bridgehead atoms. The number of benzene rings is 4. The first-order valence-electron chi connectivity index (χ1n) is 17.8. The molecule has 0 radical (unpaired) electrons. The molecule has 3 aliphatic rings. The summed E-state index contributed by atoms with van der Waals surface area (Å²) in [5.74, 6) is -0.984. The molecule has 0 unspecified atom stereocenters. The van der Waals surface area contributed by atoms with Crippen LogP contribution in [-0.2, 0) is 44.2 Å². The summed E-state index contributed by atoms with van der Waals surface area (Å²) in [7, 11) is -3.07. The molecule has 7 rings (SSSR count). The molecule has 264 valence electrons. The number of amides is 3. The quantitative estimate of drug-likeness (QED) is 0.195. The number of hydrogen-bond acceptors (Lipinski definition) is 6. The van der Waals surface area contributed by atoms with E-state index in [1.54, 1.807) is 14.7 Å². The summed E-state index contributed by atoms with van der Waals surface area (Å²) >= 11 is 0. The predicted octanol–water partition coefficient (Wildman–Crippen LogP) is 6.05. The summed E-state index contributed by atoms with van der Waals surface area (Å²) in [4.78, 5) is 59.6. The fourth-order valence-corrected chi connectivity index (χ4v) is 11.1. The minimum atomic E-state index is -3.07. The Hall–Kier alpha value is -4.61. The van der Waals surface area contributed by atoms with Crippen molar-refractivity contribution in [2.24, 2.45) is 5.92 Å². The largest absolute Gasteiger partial charge is 0.432 e. The van der Waals surface area contributed by atoms with Crippen LogP contribution in [0.4, 0.5) is 17.1 Å². The van der Waals surface area contributed by atoms with Gasteiger partial charge in [-0.1, -0.05) is 85.8 Å². The van der Waals surface area contributed by atoms with E-state index in [0.29, 0.717) is 42.9 Å². The molecule has 0 aliphatic carbocycles. The number of anilines is 3. The molecule has 1 saturated heterocycles. The van der Waals surface area contributed by atoms with Gasteiger partial charge in [0.1, 0.15) is 0 Å². The Kier molecular flexibility index (Phi) is 9.45. The lowest BCUT2D eigenvalue weighted by Gasteiger charge is -2.33. The van der Waals surface area contributed by atoms with Gasteiger partial charge in [0.15, 0.2) is 13.9 Å². The first-order valence-corrected chi connectivity index (χ1v) is 20.8. The van der Waals surface area contributed by atoms with E-state index in [0.717, 1.165) is 22.4 Å². The van der Waals surface area contributed by atoms with Crippen LogP contribution in [0.1, 0.15) is 42.0 Å². The molecule has 1 fully saturated rings. The molecule has 10 heteroatoms. The molecule has 3 aliphatic heterocycles. The normalized spacial score (nSPS) is 22.7. The molecular weight excluding hydrogens is 659 g/mol. The number of para-hydroxylation sites is 1. The Morgan fingerprint density at radius 3 is 2.25 bits per heavy atom. The van der Waals surface area contributed by atoms with E-state index in [4.69, 9.17) is 4.74 Å². The topological polar surface area (TPSA) is 111 Å². The lowest BCUT2D eigenvalue weighted by Crippen LogP contribution is -2.46. The third-order valence-electron chi connectivity index (χ3n) is 10.8. The maximum absolute atomic E-state index is 15.1. The lowest BCUT2D eigenvalue weighted by molar-refractivity contribution is -0.150. The molecule has 3 heterocycles. The van der Waals surface area contributed by atoms with Crippen LogP contribution in [0.5, 0.6) is 0 Å². The second-order valence-corrected chi connectivity index (χ2v) is 18.5. The fraction of sp³-hybridized carbons (Fsp3) is 0.341. The van der Waals surface area contributed by atoms with E-state index in [1.165, 1.54) is 0 Å². The molecule has 4 atom stereocenters.